The molecule has 2 heterocycles. The number of hydrogen-bond donors (Lipinski definition) is 1. The van der Waals surface area contributed by atoms with Crippen LogP contribution in [-0.2, 0) is 9.59 Å². The van der Waals surface area contributed by atoms with Gasteiger partial charge in [-0.15, -0.1) is 0 Å². The summed E-state index contributed by atoms with van der Waals surface area (Å²) in [5, 5.41) is 3.06. The summed E-state index contributed by atoms with van der Waals surface area (Å²) < 4.78 is 5.44. The van der Waals surface area contributed by atoms with Gasteiger partial charge >= 0.3 is 0 Å². The van der Waals surface area contributed by atoms with Gasteiger partial charge in [-0.2, -0.15) is 0 Å². The quantitative estimate of drug-likeness (QED) is 0.849. The maximum atomic E-state index is 12.3. The fourth-order valence-corrected chi connectivity index (χ4v) is 3.75. The van der Waals surface area contributed by atoms with Crippen LogP contribution in [0.25, 0.3) is 0 Å². The molecule has 1 aromatic carbocycles. The van der Waals surface area contributed by atoms with Crippen LogP contribution in [0.5, 0.6) is 5.75 Å². The first-order valence-electron chi connectivity index (χ1n) is 9.05. The van der Waals surface area contributed by atoms with Crippen molar-refractivity contribution in [1.82, 2.24) is 10.2 Å². The maximum Gasteiger partial charge on any atom is 0.225 e. The van der Waals surface area contributed by atoms with Gasteiger partial charge in [0, 0.05) is 39.1 Å². The maximum absolute atomic E-state index is 12.3. The molecule has 2 saturated heterocycles. The van der Waals surface area contributed by atoms with Gasteiger partial charge in [0.15, 0.2) is 0 Å². The van der Waals surface area contributed by atoms with Gasteiger partial charge in [0.25, 0.3) is 0 Å². The molecule has 136 valence electrons. The molecule has 2 atom stereocenters. The van der Waals surface area contributed by atoms with Gasteiger partial charge < -0.3 is 19.9 Å². The largest absolute Gasteiger partial charge is 0.495 e. The molecule has 0 saturated carbocycles. The van der Waals surface area contributed by atoms with Crippen molar-refractivity contribution < 1.29 is 14.3 Å². The zero-order valence-corrected chi connectivity index (χ0v) is 15.0. The number of para-hydroxylation sites is 2. The predicted molar refractivity (Wildman–Crippen MR) is 96.7 cm³/mol. The number of benzene rings is 1. The number of rotatable bonds is 6. The smallest absolute Gasteiger partial charge is 0.225 e. The zero-order chi connectivity index (χ0) is 17.8. The minimum Gasteiger partial charge on any atom is -0.495 e. The Balaban J connectivity index is 1.49. The normalized spacial score (nSPS) is 23.2. The highest BCUT2D eigenvalue weighted by Gasteiger charge is 2.34. The molecule has 6 nitrogen and oxygen atoms in total. The standard InChI is InChI=1S/C19H27N3O3/c1-3-21-13-15(10-18(21)23)19(24)20-11-14-8-9-22(12-14)16-6-4-5-7-17(16)25-2/h4-7,14-15H,3,8-13H2,1-2H3,(H,20,24)/t14-,15-/m0/s1. The van der Waals surface area contributed by atoms with Crippen LogP contribution in [0.2, 0.25) is 0 Å². The van der Waals surface area contributed by atoms with E-state index in [2.05, 4.69) is 16.3 Å². The second kappa shape index (κ2) is 7.76. The minimum absolute atomic E-state index is 0.0139. The highest BCUT2D eigenvalue weighted by molar-refractivity contribution is 5.89. The minimum atomic E-state index is -0.195. The number of hydrogen-bond acceptors (Lipinski definition) is 4. The van der Waals surface area contributed by atoms with Crippen LogP contribution >= 0.6 is 0 Å². The number of ether oxygens (including phenoxy) is 1. The number of nitrogens with zero attached hydrogens (tertiary/aromatic N) is 2. The second-order valence-corrected chi connectivity index (χ2v) is 6.85. The zero-order valence-electron chi connectivity index (χ0n) is 15.0. The van der Waals surface area contributed by atoms with Crippen LogP contribution < -0.4 is 15.0 Å². The molecule has 0 bridgehead atoms. The van der Waals surface area contributed by atoms with Gasteiger partial charge in [0.2, 0.25) is 11.8 Å². The van der Waals surface area contributed by atoms with E-state index in [1.54, 1.807) is 12.0 Å². The second-order valence-electron chi connectivity index (χ2n) is 6.85. The van der Waals surface area contributed by atoms with Crippen LogP contribution in [0.1, 0.15) is 19.8 Å². The lowest BCUT2D eigenvalue weighted by Gasteiger charge is -2.21. The van der Waals surface area contributed by atoms with Crippen LogP contribution in [-0.4, -0.2) is 56.5 Å². The van der Waals surface area contributed by atoms with Crippen LogP contribution in [0.4, 0.5) is 5.69 Å². The molecule has 0 aromatic heterocycles. The summed E-state index contributed by atoms with van der Waals surface area (Å²) in [6.45, 7) is 5.72. The molecule has 1 N–H and O–H groups in total. The Morgan fingerprint density at radius 1 is 1.32 bits per heavy atom. The van der Waals surface area contributed by atoms with Gasteiger partial charge in [-0.25, -0.2) is 0 Å². The lowest BCUT2D eigenvalue weighted by atomic mass is 10.1. The fourth-order valence-electron chi connectivity index (χ4n) is 3.75. The average molecular weight is 345 g/mol. The number of carbonyl (C=O) groups is 2. The van der Waals surface area contributed by atoms with Crippen molar-refractivity contribution in [3.63, 3.8) is 0 Å². The molecular weight excluding hydrogens is 318 g/mol. The number of likely N-dealkylation sites (tertiary alicyclic amines) is 1. The molecule has 25 heavy (non-hydrogen) atoms. The highest BCUT2D eigenvalue weighted by Crippen LogP contribution is 2.31. The first kappa shape index (κ1) is 17.6. The van der Waals surface area contributed by atoms with Gasteiger partial charge in [0.1, 0.15) is 5.75 Å². The molecule has 0 aliphatic carbocycles. The van der Waals surface area contributed by atoms with Crippen molar-refractivity contribution in [2.75, 3.05) is 44.7 Å². The first-order valence-corrected chi connectivity index (χ1v) is 9.05. The Bertz CT molecular complexity index is 634. The van der Waals surface area contributed by atoms with Gasteiger partial charge in [0.05, 0.1) is 18.7 Å². The molecule has 2 amide bonds. The summed E-state index contributed by atoms with van der Waals surface area (Å²) in [6, 6.07) is 8.03. The van der Waals surface area contributed by atoms with E-state index in [0.717, 1.165) is 30.9 Å². The van der Waals surface area contributed by atoms with Crippen LogP contribution in [0.15, 0.2) is 24.3 Å². The Labute approximate surface area is 149 Å². The molecule has 1 aromatic rings. The Hall–Kier alpha value is -2.24. The monoisotopic (exact) mass is 345 g/mol. The molecule has 6 heteroatoms. The van der Waals surface area contributed by atoms with E-state index in [-0.39, 0.29) is 17.7 Å². The van der Waals surface area contributed by atoms with Gasteiger partial charge in [-0.1, -0.05) is 12.1 Å². The summed E-state index contributed by atoms with van der Waals surface area (Å²) in [6.07, 6.45) is 1.39. The van der Waals surface area contributed by atoms with Crippen molar-refractivity contribution in [2.45, 2.75) is 19.8 Å². The summed E-state index contributed by atoms with van der Waals surface area (Å²) in [4.78, 5) is 28.2. The molecule has 2 aliphatic rings. The lowest BCUT2D eigenvalue weighted by Crippen LogP contribution is -2.36. The molecule has 0 radical (unpaired) electrons. The summed E-state index contributed by atoms with van der Waals surface area (Å²) >= 11 is 0. The van der Waals surface area contributed by atoms with E-state index < -0.39 is 0 Å². The number of methoxy groups -OCH3 is 1. The van der Waals surface area contributed by atoms with Crippen LogP contribution in [0, 0.1) is 11.8 Å². The Morgan fingerprint density at radius 2 is 2.12 bits per heavy atom. The Kier molecular flexibility index (Phi) is 5.46. The van der Waals surface area contributed by atoms with Gasteiger partial charge in [-0.05, 0) is 31.4 Å². The lowest BCUT2D eigenvalue weighted by molar-refractivity contribution is -0.128. The molecule has 2 aliphatic heterocycles. The number of amides is 2. The molecule has 3 rings (SSSR count). The third-order valence-electron chi connectivity index (χ3n) is 5.24. The number of anilines is 1. The first-order chi connectivity index (χ1) is 12.1. The third kappa shape index (κ3) is 3.89. The number of nitrogens with one attached hydrogen (secondary N) is 1. The molecule has 0 unspecified atom stereocenters. The van der Waals surface area contributed by atoms with E-state index >= 15 is 0 Å². The fraction of sp³-hybridized carbons (Fsp3) is 0.579. The van der Waals surface area contributed by atoms with E-state index in [0.29, 0.717) is 32.0 Å². The van der Waals surface area contributed by atoms with Crippen LogP contribution in [0.3, 0.4) is 0 Å². The van der Waals surface area contributed by atoms with E-state index in [1.165, 1.54) is 0 Å². The highest BCUT2D eigenvalue weighted by atomic mass is 16.5. The summed E-state index contributed by atoms with van der Waals surface area (Å²) in [5.74, 6) is 1.22. The van der Waals surface area contributed by atoms with Crippen molar-refractivity contribution in [3.8, 4) is 5.75 Å². The van der Waals surface area contributed by atoms with Crippen molar-refractivity contribution in [1.29, 1.82) is 0 Å². The van der Waals surface area contributed by atoms with E-state index in [1.807, 2.05) is 25.1 Å². The van der Waals surface area contributed by atoms with E-state index in [4.69, 9.17) is 4.74 Å². The number of carbonyl (C=O) groups excluding carboxylic acids is 2. The summed E-state index contributed by atoms with van der Waals surface area (Å²) in [5.41, 5.74) is 1.11. The van der Waals surface area contributed by atoms with Crippen molar-refractivity contribution in [3.05, 3.63) is 24.3 Å². The third-order valence-corrected chi connectivity index (χ3v) is 5.24. The predicted octanol–water partition coefficient (Wildman–Crippen LogP) is 1.51. The van der Waals surface area contributed by atoms with Crippen molar-refractivity contribution in [2.24, 2.45) is 11.8 Å². The van der Waals surface area contributed by atoms with Gasteiger partial charge in [-0.3, -0.25) is 9.59 Å². The molecule has 0 spiro atoms. The molecular formula is C19H27N3O3. The topological polar surface area (TPSA) is 61.9 Å². The average Bonchev–Trinajstić information content (AvgIpc) is 3.26. The SMILES string of the molecule is CCN1C[C@@H](C(=O)NC[C@@H]2CCN(c3ccccc3OC)C2)CC1=O. The summed E-state index contributed by atoms with van der Waals surface area (Å²) in [7, 11) is 1.69. The molecule has 2 fully saturated rings. The van der Waals surface area contributed by atoms with E-state index in [9.17, 15) is 9.59 Å². The van der Waals surface area contributed by atoms with Crippen molar-refractivity contribution >= 4 is 17.5 Å². The Morgan fingerprint density at radius 3 is 2.84 bits per heavy atom.